The van der Waals surface area contributed by atoms with Gasteiger partial charge in [-0.25, -0.2) is 4.98 Å². The number of Topliss-reactive ketones (excluding diaryl/α,β-unsaturated/α-hetero) is 1. The van der Waals surface area contributed by atoms with E-state index in [0.29, 0.717) is 20.6 Å². The van der Waals surface area contributed by atoms with Crippen LogP contribution in [0, 0.1) is 6.92 Å². The number of carbonyl (C=O) groups excluding carboxylic acids is 1. The SMILES string of the molecule is CC(=O)c1sc(-c2nnsc2N)nc1C. The highest BCUT2D eigenvalue weighted by Gasteiger charge is 2.16. The maximum atomic E-state index is 11.2. The van der Waals surface area contributed by atoms with Gasteiger partial charge in [0.15, 0.2) is 11.5 Å². The summed E-state index contributed by atoms with van der Waals surface area (Å²) in [5, 5.41) is 5.06. The fourth-order valence-electron chi connectivity index (χ4n) is 1.17. The van der Waals surface area contributed by atoms with Gasteiger partial charge in [0.25, 0.3) is 0 Å². The van der Waals surface area contributed by atoms with E-state index in [1.807, 2.05) is 0 Å². The van der Waals surface area contributed by atoms with Crippen molar-refractivity contribution in [2.75, 3.05) is 5.73 Å². The van der Waals surface area contributed by atoms with Crippen LogP contribution >= 0.6 is 22.9 Å². The number of nitrogens with zero attached hydrogens (tertiary/aromatic N) is 3. The first-order chi connectivity index (χ1) is 7.09. The predicted molar refractivity (Wildman–Crippen MR) is 60.2 cm³/mol. The van der Waals surface area contributed by atoms with Crippen LogP contribution in [0.2, 0.25) is 0 Å². The lowest BCUT2D eigenvalue weighted by atomic mass is 10.3. The summed E-state index contributed by atoms with van der Waals surface area (Å²) in [5.74, 6) is 0.0120. The molecule has 0 fully saturated rings. The van der Waals surface area contributed by atoms with E-state index >= 15 is 0 Å². The molecular formula is C8H8N4OS2. The summed E-state index contributed by atoms with van der Waals surface area (Å²) in [4.78, 5) is 16.1. The summed E-state index contributed by atoms with van der Waals surface area (Å²) < 4.78 is 3.73. The molecule has 2 aromatic rings. The van der Waals surface area contributed by atoms with E-state index in [2.05, 4.69) is 14.6 Å². The summed E-state index contributed by atoms with van der Waals surface area (Å²) in [6.45, 7) is 3.32. The molecule has 0 aliphatic rings. The molecular weight excluding hydrogens is 232 g/mol. The highest BCUT2D eigenvalue weighted by Crippen LogP contribution is 2.31. The van der Waals surface area contributed by atoms with E-state index in [9.17, 15) is 4.79 Å². The molecule has 0 saturated carbocycles. The summed E-state index contributed by atoms with van der Waals surface area (Å²) >= 11 is 2.42. The van der Waals surface area contributed by atoms with Crippen LogP contribution in [0.1, 0.15) is 22.3 Å². The number of nitrogens with two attached hydrogens (primary N) is 1. The normalized spacial score (nSPS) is 10.5. The summed E-state index contributed by atoms with van der Waals surface area (Å²) in [7, 11) is 0. The number of hydrogen-bond acceptors (Lipinski definition) is 7. The number of carbonyl (C=O) groups is 1. The van der Waals surface area contributed by atoms with Gasteiger partial charge in [-0.1, -0.05) is 4.49 Å². The third-order valence-electron chi connectivity index (χ3n) is 1.83. The van der Waals surface area contributed by atoms with Crippen LogP contribution < -0.4 is 5.73 Å². The maximum Gasteiger partial charge on any atom is 0.171 e. The second-order valence-corrected chi connectivity index (χ2v) is 4.76. The van der Waals surface area contributed by atoms with E-state index in [0.717, 1.165) is 17.2 Å². The molecule has 0 aliphatic carbocycles. The van der Waals surface area contributed by atoms with Crippen LogP contribution in [0.15, 0.2) is 0 Å². The third-order valence-corrected chi connectivity index (χ3v) is 3.65. The lowest BCUT2D eigenvalue weighted by molar-refractivity contribution is 0.102. The molecule has 0 atom stereocenters. The highest BCUT2D eigenvalue weighted by atomic mass is 32.1. The van der Waals surface area contributed by atoms with Gasteiger partial charge in [0, 0.05) is 18.5 Å². The molecule has 2 N–H and O–H groups in total. The highest BCUT2D eigenvalue weighted by molar-refractivity contribution is 7.17. The fraction of sp³-hybridized carbons (Fsp3) is 0.250. The number of rotatable bonds is 2. The molecule has 0 bridgehead atoms. The first-order valence-corrected chi connectivity index (χ1v) is 5.75. The Morgan fingerprint density at radius 1 is 1.47 bits per heavy atom. The second-order valence-electron chi connectivity index (χ2n) is 2.98. The van der Waals surface area contributed by atoms with Crippen molar-refractivity contribution in [2.45, 2.75) is 13.8 Å². The van der Waals surface area contributed by atoms with Crippen molar-refractivity contribution in [3.05, 3.63) is 10.6 Å². The van der Waals surface area contributed by atoms with Crippen LogP contribution in [0.3, 0.4) is 0 Å². The molecule has 7 heteroatoms. The first-order valence-electron chi connectivity index (χ1n) is 4.16. The summed E-state index contributed by atoms with van der Waals surface area (Å²) in [6.07, 6.45) is 0. The van der Waals surface area contributed by atoms with Gasteiger partial charge in [-0.15, -0.1) is 16.4 Å². The lowest BCUT2D eigenvalue weighted by Gasteiger charge is -1.87. The average molecular weight is 240 g/mol. The average Bonchev–Trinajstić information content (AvgIpc) is 2.71. The number of anilines is 1. The largest absolute Gasteiger partial charge is 0.387 e. The Morgan fingerprint density at radius 2 is 2.20 bits per heavy atom. The number of thiazole rings is 1. The molecule has 2 rings (SSSR count). The van der Waals surface area contributed by atoms with Crippen LogP contribution in [-0.2, 0) is 0 Å². The van der Waals surface area contributed by atoms with Gasteiger partial charge < -0.3 is 5.73 Å². The number of aryl methyl sites for hydroxylation is 1. The number of ketones is 1. The van der Waals surface area contributed by atoms with Crippen molar-refractivity contribution in [2.24, 2.45) is 0 Å². The molecule has 2 aromatic heterocycles. The van der Waals surface area contributed by atoms with Crippen LogP contribution in [0.4, 0.5) is 5.00 Å². The topological polar surface area (TPSA) is 81.8 Å². The Morgan fingerprint density at radius 3 is 2.67 bits per heavy atom. The van der Waals surface area contributed by atoms with Gasteiger partial charge in [0.05, 0.1) is 10.6 Å². The number of aromatic nitrogens is 3. The quantitative estimate of drug-likeness (QED) is 0.809. The number of nitrogen functional groups attached to an aromatic ring is 1. The first kappa shape index (κ1) is 10.2. The number of hydrogen-bond donors (Lipinski definition) is 1. The van der Waals surface area contributed by atoms with E-state index in [1.54, 1.807) is 6.92 Å². The van der Waals surface area contributed by atoms with Crippen LogP contribution in [0.5, 0.6) is 0 Å². The fourth-order valence-corrected chi connectivity index (χ4v) is 2.63. The van der Waals surface area contributed by atoms with Crippen molar-refractivity contribution < 1.29 is 4.79 Å². The summed E-state index contributed by atoms with van der Waals surface area (Å²) in [5.41, 5.74) is 6.97. The molecule has 2 heterocycles. The van der Waals surface area contributed by atoms with Crippen molar-refractivity contribution in [3.8, 4) is 10.7 Å². The minimum Gasteiger partial charge on any atom is -0.387 e. The maximum absolute atomic E-state index is 11.2. The van der Waals surface area contributed by atoms with Crippen molar-refractivity contribution >= 4 is 33.7 Å². The van der Waals surface area contributed by atoms with Crippen molar-refractivity contribution in [1.29, 1.82) is 0 Å². The Bertz CT molecular complexity index is 516. The zero-order valence-electron chi connectivity index (χ0n) is 8.14. The molecule has 0 spiro atoms. The smallest absolute Gasteiger partial charge is 0.171 e. The third kappa shape index (κ3) is 1.75. The Kier molecular flexibility index (Phi) is 2.49. The molecule has 0 aliphatic heterocycles. The Hall–Kier alpha value is -1.34. The monoisotopic (exact) mass is 240 g/mol. The molecule has 5 nitrogen and oxygen atoms in total. The Labute approximate surface area is 94.1 Å². The van der Waals surface area contributed by atoms with E-state index in [4.69, 9.17) is 5.73 Å². The molecule has 15 heavy (non-hydrogen) atoms. The molecule has 78 valence electrons. The van der Waals surface area contributed by atoms with Gasteiger partial charge in [0.2, 0.25) is 0 Å². The zero-order valence-corrected chi connectivity index (χ0v) is 9.78. The Balaban J connectivity index is 2.52. The summed E-state index contributed by atoms with van der Waals surface area (Å²) in [6, 6.07) is 0. The standard InChI is InChI=1S/C8H8N4OS2/c1-3-6(4(2)13)14-8(10-3)5-7(9)15-12-11-5/h9H2,1-2H3. The predicted octanol–water partition coefficient (Wildman–Crippen LogP) is 1.75. The minimum absolute atomic E-state index is 0.0120. The van der Waals surface area contributed by atoms with Gasteiger partial charge in [-0.3, -0.25) is 4.79 Å². The molecule has 0 radical (unpaired) electrons. The van der Waals surface area contributed by atoms with Crippen molar-refractivity contribution in [1.82, 2.24) is 14.6 Å². The second kappa shape index (κ2) is 3.67. The van der Waals surface area contributed by atoms with Crippen LogP contribution in [-0.4, -0.2) is 20.4 Å². The molecule has 0 amide bonds. The van der Waals surface area contributed by atoms with E-state index < -0.39 is 0 Å². The molecule has 0 saturated heterocycles. The molecule has 0 unspecified atom stereocenters. The van der Waals surface area contributed by atoms with Gasteiger partial charge in [-0.2, -0.15) is 0 Å². The minimum atomic E-state index is 0.0120. The van der Waals surface area contributed by atoms with E-state index in [-0.39, 0.29) is 5.78 Å². The molecule has 0 aromatic carbocycles. The lowest BCUT2D eigenvalue weighted by Crippen LogP contribution is -1.89. The van der Waals surface area contributed by atoms with Gasteiger partial charge in [-0.05, 0) is 6.92 Å². The van der Waals surface area contributed by atoms with Gasteiger partial charge in [0.1, 0.15) is 10.0 Å². The van der Waals surface area contributed by atoms with Crippen LogP contribution in [0.25, 0.3) is 10.7 Å². The zero-order chi connectivity index (χ0) is 11.0. The van der Waals surface area contributed by atoms with Crippen molar-refractivity contribution in [3.63, 3.8) is 0 Å². The van der Waals surface area contributed by atoms with E-state index in [1.165, 1.54) is 18.3 Å². The van der Waals surface area contributed by atoms with Gasteiger partial charge >= 0.3 is 0 Å².